The highest BCUT2D eigenvalue weighted by atomic mass is 16.5. The third-order valence-corrected chi connectivity index (χ3v) is 3.63. The van der Waals surface area contributed by atoms with Gasteiger partial charge in [0.2, 0.25) is 5.91 Å². The van der Waals surface area contributed by atoms with Crippen molar-refractivity contribution in [3.05, 3.63) is 0 Å². The van der Waals surface area contributed by atoms with Gasteiger partial charge in [0.15, 0.2) is 0 Å². The first-order valence-electron chi connectivity index (χ1n) is 6.96. The van der Waals surface area contributed by atoms with Crippen LogP contribution in [-0.4, -0.2) is 60.8 Å². The van der Waals surface area contributed by atoms with Crippen LogP contribution in [0.5, 0.6) is 0 Å². The lowest BCUT2D eigenvalue weighted by Gasteiger charge is -2.31. The minimum Gasteiger partial charge on any atom is -0.480 e. The topological polar surface area (TPSA) is 78.9 Å². The summed E-state index contributed by atoms with van der Waals surface area (Å²) >= 11 is 0. The fourth-order valence-electron chi connectivity index (χ4n) is 2.26. The Balaban J connectivity index is 1.56. The highest BCUT2D eigenvalue weighted by Crippen LogP contribution is 2.27. The van der Waals surface area contributed by atoms with Crippen LogP contribution >= 0.6 is 0 Å². The largest absolute Gasteiger partial charge is 0.480 e. The van der Waals surface area contributed by atoms with Gasteiger partial charge in [-0.25, -0.2) is 4.79 Å². The van der Waals surface area contributed by atoms with Crippen LogP contribution in [-0.2, 0) is 14.3 Å². The Morgan fingerprint density at radius 3 is 2.47 bits per heavy atom. The Bertz CT molecular complexity index is 323. The normalized spacial score (nSPS) is 21.3. The Morgan fingerprint density at radius 1 is 1.21 bits per heavy atom. The van der Waals surface area contributed by atoms with Crippen LogP contribution in [0.4, 0.5) is 0 Å². The molecule has 1 aliphatic heterocycles. The summed E-state index contributed by atoms with van der Waals surface area (Å²) in [6, 6.07) is 0. The molecule has 0 bridgehead atoms. The maximum Gasteiger partial charge on any atom is 0.329 e. The van der Waals surface area contributed by atoms with Gasteiger partial charge >= 0.3 is 5.97 Å². The third kappa shape index (κ3) is 5.57. The third-order valence-electron chi connectivity index (χ3n) is 3.63. The SMILES string of the molecule is O=C(O)COC1CCN(CC(=O)NCC2CC2)CC1. The molecule has 1 saturated carbocycles. The molecule has 1 saturated heterocycles. The molecule has 6 nitrogen and oxygen atoms in total. The van der Waals surface area contributed by atoms with E-state index < -0.39 is 5.97 Å². The van der Waals surface area contributed by atoms with Gasteiger partial charge in [-0.15, -0.1) is 0 Å². The van der Waals surface area contributed by atoms with Gasteiger partial charge in [0, 0.05) is 19.6 Å². The highest BCUT2D eigenvalue weighted by molar-refractivity contribution is 5.78. The van der Waals surface area contributed by atoms with E-state index in [0.29, 0.717) is 12.5 Å². The number of amides is 1. The second-order valence-electron chi connectivity index (χ2n) is 5.43. The van der Waals surface area contributed by atoms with Gasteiger partial charge in [0.1, 0.15) is 6.61 Å². The average molecular weight is 270 g/mol. The lowest BCUT2D eigenvalue weighted by atomic mass is 10.1. The number of nitrogens with zero attached hydrogens (tertiary/aromatic N) is 1. The van der Waals surface area contributed by atoms with E-state index in [0.717, 1.165) is 32.5 Å². The van der Waals surface area contributed by atoms with Crippen molar-refractivity contribution in [1.29, 1.82) is 0 Å². The summed E-state index contributed by atoms with van der Waals surface area (Å²) < 4.78 is 5.26. The van der Waals surface area contributed by atoms with Crippen LogP contribution < -0.4 is 5.32 Å². The number of carboxylic acids is 1. The van der Waals surface area contributed by atoms with Crippen LogP contribution in [0.1, 0.15) is 25.7 Å². The van der Waals surface area contributed by atoms with Crippen molar-refractivity contribution < 1.29 is 19.4 Å². The second kappa shape index (κ2) is 6.86. The summed E-state index contributed by atoms with van der Waals surface area (Å²) in [7, 11) is 0. The smallest absolute Gasteiger partial charge is 0.329 e. The molecule has 1 aliphatic carbocycles. The fraction of sp³-hybridized carbons (Fsp3) is 0.846. The van der Waals surface area contributed by atoms with E-state index in [1.165, 1.54) is 12.8 Å². The minimum atomic E-state index is -0.929. The molecule has 1 heterocycles. The number of aliphatic carboxylic acids is 1. The zero-order valence-electron chi connectivity index (χ0n) is 11.1. The van der Waals surface area contributed by atoms with Crippen LogP contribution in [0.3, 0.4) is 0 Å². The number of rotatable bonds is 7. The number of ether oxygens (including phenoxy) is 1. The molecule has 0 aromatic carbocycles. The average Bonchev–Trinajstić information content (AvgIpc) is 3.19. The van der Waals surface area contributed by atoms with Crippen LogP contribution in [0.25, 0.3) is 0 Å². The van der Waals surface area contributed by atoms with Crippen molar-refractivity contribution in [3.63, 3.8) is 0 Å². The lowest BCUT2D eigenvalue weighted by Crippen LogP contribution is -2.43. The van der Waals surface area contributed by atoms with E-state index in [4.69, 9.17) is 9.84 Å². The molecule has 6 heteroatoms. The van der Waals surface area contributed by atoms with E-state index in [1.54, 1.807) is 0 Å². The van der Waals surface area contributed by atoms with Crippen LogP contribution in [0.2, 0.25) is 0 Å². The Labute approximate surface area is 113 Å². The Morgan fingerprint density at radius 2 is 1.89 bits per heavy atom. The van der Waals surface area contributed by atoms with Crippen LogP contribution in [0.15, 0.2) is 0 Å². The van der Waals surface area contributed by atoms with E-state index in [2.05, 4.69) is 10.2 Å². The number of hydrogen-bond donors (Lipinski definition) is 2. The summed E-state index contributed by atoms with van der Waals surface area (Å²) in [4.78, 5) is 24.2. The van der Waals surface area contributed by atoms with Gasteiger partial charge in [-0.05, 0) is 31.6 Å². The predicted octanol–water partition coefficient (Wildman–Crippen LogP) is 0.0782. The quantitative estimate of drug-likeness (QED) is 0.685. The molecule has 0 spiro atoms. The van der Waals surface area contributed by atoms with Crippen molar-refractivity contribution in [2.45, 2.75) is 31.8 Å². The van der Waals surface area contributed by atoms with Crippen molar-refractivity contribution in [2.24, 2.45) is 5.92 Å². The molecular formula is C13H22N2O4. The minimum absolute atomic E-state index is 0.0156. The number of hydrogen-bond acceptors (Lipinski definition) is 4. The number of carboxylic acid groups (broad SMARTS) is 1. The summed E-state index contributed by atoms with van der Waals surface area (Å²) in [5.41, 5.74) is 0. The van der Waals surface area contributed by atoms with Gasteiger partial charge in [-0.1, -0.05) is 0 Å². The number of nitrogens with one attached hydrogen (secondary N) is 1. The standard InChI is InChI=1S/C13H22N2O4/c16-12(14-7-10-1-2-10)8-15-5-3-11(4-6-15)19-9-13(17)18/h10-11H,1-9H2,(H,14,16)(H,17,18). The fourth-order valence-corrected chi connectivity index (χ4v) is 2.26. The molecule has 108 valence electrons. The molecule has 2 N–H and O–H groups in total. The molecular weight excluding hydrogens is 248 g/mol. The van der Waals surface area contributed by atoms with E-state index in [1.807, 2.05) is 0 Å². The molecule has 0 aromatic rings. The van der Waals surface area contributed by atoms with Gasteiger partial charge in [0.05, 0.1) is 12.6 Å². The summed E-state index contributed by atoms with van der Waals surface area (Å²) in [5.74, 6) is -0.127. The molecule has 2 fully saturated rings. The van der Waals surface area contributed by atoms with Crippen LogP contribution in [0, 0.1) is 5.92 Å². The van der Waals surface area contributed by atoms with E-state index in [9.17, 15) is 9.59 Å². The Hall–Kier alpha value is -1.14. The monoisotopic (exact) mass is 270 g/mol. The van der Waals surface area contributed by atoms with Gasteiger partial charge in [-0.3, -0.25) is 9.69 Å². The van der Waals surface area contributed by atoms with Crippen molar-refractivity contribution in [1.82, 2.24) is 10.2 Å². The number of carbonyl (C=O) groups is 2. The second-order valence-corrected chi connectivity index (χ2v) is 5.43. The molecule has 19 heavy (non-hydrogen) atoms. The zero-order valence-corrected chi connectivity index (χ0v) is 11.1. The summed E-state index contributed by atoms with van der Waals surface area (Å²) in [5, 5.41) is 11.5. The maximum absolute atomic E-state index is 11.7. The maximum atomic E-state index is 11.7. The molecule has 1 amide bonds. The molecule has 0 atom stereocenters. The first kappa shape index (κ1) is 14.3. The molecule has 2 aliphatic rings. The first-order chi connectivity index (χ1) is 9.13. The number of likely N-dealkylation sites (tertiary alicyclic amines) is 1. The summed E-state index contributed by atoms with van der Waals surface area (Å²) in [6.45, 7) is 2.62. The Kier molecular flexibility index (Phi) is 5.15. The lowest BCUT2D eigenvalue weighted by molar-refractivity contribution is -0.145. The molecule has 0 unspecified atom stereocenters. The van der Waals surface area contributed by atoms with Gasteiger partial charge in [0.25, 0.3) is 0 Å². The van der Waals surface area contributed by atoms with E-state index in [-0.39, 0.29) is 18.6 Å². The van der Waals surface area contributed by atoms with Gasteiger partial charge in [-0.2, -0.15) is 0 Å². The number of carbonyl (C=O) groups excluding carboxylic acids is 1. The zero-order chi connectivity index (χ0) is 13.7. The van der Waals surface area contributed by atoms with E-state index >= 15 is 0 Å². The molecule has 0 aromatic heterocycles. The van der Waals surface area contributed by atoms with Crippen molar-refractivity contribution in [2.75, 3.05) is 32.8 Å². The van der Waals surface area contributed by atoms with Gasteiger partial charge < -0.3 is 15.2 Å². The summed E-state index contributed by atoms with van der Waals surface area (Å²) in [6.07, 6.45) is 4.09. The molecule has 2 rings (SSSR count). The molecule has 0 radical (unpaired) electrons. The van der Waals surface area contributed by atoms with Crippen molar-refractivity contribution >= 4 is 11.9 Å². The van der Waals surface area contributed by atoms with Crippen molar-refractivity contribution in [3.8, 4) is 0 Å². The highest BCUT2D eigenvalue weighted by Gasteiger charge is 2.24. The predicted molar refractivity (Wildman–Crippen MR) is 68.8 cm³/mol. The number of piperidine rings is 1. The first-order valence-corrected chi connectivity index (χ1v) is 6.96.